The lowest BCUT2D eigenvalue weighted by atomic mass is 10.1. The van der Waals surface area contributed by atoms with Crippen LogP contribution in [0.25, 0.3) is 12.2 Å². The van der Waals surface area contributed by atoms with E-state index >= 15 is 0 Å². The van der Waals surface area contributed by atoms with Gasteiger partial charge in [-0.3, -0.25) is 29.0 Å². The lowest BCUT2D eigenvalue weighted by Crippen LogP contribution is -2.51. The van der Waals surface area contributed by atoms with Crippen molar-refractivity contribution in [3.8, 4) is 0 Å². The highest BCUT2D eigenvalue weighted by Crippen LogP contribution is 2.34. The molecule has 0 saturated carbocycles. The van der Waals surface area contributed by atoms with Crippen molar-refractivity contribution in [1.29, 1.82) is 0 Å². The number of benzene rings is 2. The molecule has 0 N–H and O–H groups in total. The minimum atomic E-state index is -0.206. The molecule has 5 rings (SSSR count). The highest BCUT2D eigenvalue weighted by molar-refractivity contribution is 8.27. The van der Waals surface area contributed by atoms with Gasteiger partial charge < -0.3 is 9.80 Å². The number of amides is 4. The molecule has 2 aromatic rings. The average molecular weight is 748 g/mol. The van der Waals surface area contributed by atoms with Crippen molar-refractivity contribution in [3.63, 3.8) is 0 Å². The number of unbranched alkanes of at least 4 members (excludes halogenated alkanes) is 2. The first kappa shape index (κ1) is 35.6. The first-order valence-electron chi connectivity index (χ1n) is 15.2. The number of carbonyl (C=O) groups excluding carboxylic acids is 4. The Bertz CT molecular complexity index is 1620. The quantitative estimate of drug-likeness (QED) is 0.143. The van der Waals surface area contributed by atoms with E-state index in [0.717, 1.165) is 24.0 Å². The van der Waals surface area contributed by atoms with Crippen molar-refractivity contribution >= 4 is 116 Å². The summed E-state index contributed by atoms with van der Waals surface area (Å²) in [5, 5.41) is 1.25. The van der Waals surface area contributed by atoms with Gasteiger partial charge in [0.05, 0.1) is 9.81 Å². The molecule has 3 fully saturated rings. The SMILES string of the molecule is O=C(CCCCCN1C(=O)C(=Cc2ccc(Cl)cc2)SC1=S)N1CCN(C(=O)CCN2C(=O)C(=Cc3ccc(Cl)cc3)SC2=S)CC1. The minimum absolute atomic E-state index is 0.0634. The van der Waals surface area contributed by atoms with Crippen molar-refractivity contribution in [2.75, 3.05) is 39.3 Å². The number of piperazine rings is 1. The topological polar surface area (TPSA) is 81.2 Å². The minimum Gasteiger partial charge on any atom is -0.339 e. The van der Waals surface area contributed by atoms with Gasteiger partial charge in [-0.15, -0.1) is 0 Å². The monoisotopic (exact) mass is 746 g/mol. The second kappa shape index (κ2) is 16.6. The molecule has 47 heavy (non-hydrogen) atoms. The Balaban J connectivity index is 0.978. The van der Waals surface area contributed by atoms with E-state index in [4.69, 9.17) is 47.6 Å². The molecule has 3 aliphatic rings. The molecule has 0 bridgehead atoms. The Kier molecular flexibility index (Phi) is 12.5. The van der Waals surface area contributed by atoms with Gasteiger partial charge in [0, 0.05) is 62.2 Å². The van der Waals surface area contributed by atoms with Gasteiger partial charge in [0.2, 0.25) is 11.8 Å². The zero-order valence-corrected chi connectivity index (χ0v) is 30.1. The predicted octanol–water partition coefficient (Wildman–Crippen LogP) is 6.72. The third-order valence-corrected chi connectivity index (χ3v) is 11.1. The van der Waals surface area contributed by atoms with Gasteiger partial charge in [-0.1, -0.05) is 102 Å². The van der Waals surface area contributed by atoms with Crippen LogP contribution in [0.4, 0.5) is 0 Å². The summed E-state index contributed by atoms with van der Waals surface area (Å²) in [6, 6.07) is 14.5. The number of nitrogens with zero attached hydrogens (tertiary/aromatic N) is 4. The van der Waals surface area contributed by atoms with Crippen LogP contribution in [0.5, 0.6) is 0 Å². The molecule has 3 aliphatic heterocycles. The van der Waals surface area contributed by atoms with Crippen molar-refractivity contribution < 1.29 is 19.2 Å². The molecule has 246 valence electrons. The molecule has 0 aromatic heterocycles. The summed E-state index contributed by atoms with van der Waals surface area (Å²) in [7, 11) is 0. The first-order valence-corrected chi connectivity index (χ1v) is 18.4. The molecule has 3 heterocycles. The van der Waals surface area contributed by atoms with Gasteiger partial charge in [0.1, 0.15) is 8.64 Å². The second-order valence-electron chi connectivity index (χ2n) is 11.1. The molecule has 0 aliphatic carbocycles. The van der Waals surface area contributed by atoms with E-state index in [1.54, 1.807) is 45.0 Å². The smallest absolute Gasteiger partial charge is 0.266 e. The number of hydrogen-bond donors (Lipinski definition) is 0. The van der Waals surface area contributed by atoms with E-state index in [1.165, 1.54) is 28.4 Å². The van der Waals surface area contributed by atoms with Gasteiger partial charge in [0.25, 0.3) is 11.8 Å². The number of carbonyl (C=O) groups is 4. The molecule has 0 radical (unpaired) electrons. The summed E-state index contributed by atoms with van der Waals surface area (Å²) < 4.78 is 0.978. The summed E-state index contributed by atoms with van der Waals surface area (Å²) in [6.07, 6.45) is 6.43. The van der Waals surface area contributed by atoms with Gasteiger partial charge >= 0.3 is 0 Å². The largest absolute Gasteiger partial charge is 0.339 e. The Morgan fingerprint density at radius 1 is 0.638 bits per heavy atom. The summed E-state index contributed by atoms with van der Waals surface area (Å²) >= 11 is 25.3. The lowest BCUT2D eigenvalue weighted by molar-refractivity contribution is -0.140. The van der Waals surface area contributed by atoms with Crippen molar-refractivity contribution in [1.82, 2.24) is 19.6 Å². The van der Waals surface area contributed by atoms with Crippen LogP contribution in [0.1, 0.15) is 43.2 Å². The zero-order valence-electron chi connectivity index (χ0n) is 25.4. The standard InChI is InChI=1S/C33H32Cl2N4O4S4/c34-24-9-5-22(6-10-24)20-26-30(42)38(32(44)46-26)14-3-1-2-4-28(40)36-16-18-37(19-17-36)29(41)13-15-39-31(43)27(47-33(39)45)21-23-7-11-25(35)12-8-23/h5-12,20-21H,1-4,13-19H2. The predicted molar refractivity (Wildman–Crippen MR) is 199 cm³/mol. The van der Waals surface area contributed by atoms with Gasteiger partial charge in [0.15, 0.2) is 0 Å². The van der Waals surface area contributed by atoms with Crippen LogP contribution >= 0.6 is 71.2 Å². The number of halogens is 2. The second-order valence-corrected chi connectivity index (χ2v) is 15.3. The van der Waals surface area contributed by atoms with Crippen LogP contribution in [0.3, 0.4) is 0 Å². The van der Waals surface area contributed by atoms with Crippen LogP contribution in [0.15, 0.2) is 58.3 Å². The molecule has 0 spiro atoms. The molecule has 0 unspecified atom stereocenters. The van der Waals surface area contributed by atoms with Crippen LogP contribution in [-0.4, -0.2) is 91.1 Å². The Morgan fingerprint density at radius 3 is 1.53 bits per heavy atom. The van der Waals surface area contributed by atoms with Crippen LogP contribution in [-0.2, 0) is 19.2 Å². The maximum absolute atomic E-state index is 12.9. The Labute approximate surface area is 303 Å². The fraction of sp³-hybridized carbons (Fsp3) is 0.333. The molecular weight excluding hydrogens is 716 g/mol. The van der Waals surface area contributed by atoms with E-state index in [-0.39, 0.29) is 36.6 Å². The summed E-state index contributed by atoms with van der Waals surface area (Å²) in [5.41, 5.74) is 1.73. The third kappa shape index (κ3) is 9.45. The highest BCUT2D eigenvalue weighted by atomic mass is 35.5. The molecule has 8 nitrogen and oxygen atoms in total. The number of rotatable bonds is 11. The van der Waals surface area contributed by atoms with Crippen LogP contribution < -0.4 is 0 Å². The van der Waals surface area contributed by atoms with E-state index < -0.39 is 0 Å². The third-order valence-electron chi connectivity index (χ3n) is 7.89. The maximum Gasteiger partial charge on any atom is 0.266 e. The van der Waals surface area contributed by atoms with Crippen LogP contribution in [0.2, 0.25) is 10.0 Å². The van der Waals surface area contributed by atoms with Crippen molar-refractivity contribution in [2.45, 2.75) is 32.1 Å². The van der Waals surface area contributed by atoms with E-state index in [0.29, 0.717) is 74.1 Å². The number of thiocarbonyl (C=S) groups is 2. The molecule has 4 amide bonds. The average Bonchev–Trinajstić information content (AvgIpc) is 3.48. The molecular formula is C33H32Cl2N4O4S4. The lowest BCUT2D eigenvalue weighted by Gasteiger charge is -2.35. The summed E-state index contributed by atoms with van der Waals surface area (Å²) in [6.45, 7) is 2.60. The molecule has 14 heteroatoms. The van der Waals surface area contributed by atoms with Crippen molar-refractivity contribution in [2.24, 2.45) is 0 Å². The highest BCUT2D eigenvalue weighted by Gasteiger charge is 2.33. The number of thioether (sulfide) groups is 2. The van der Waals surface area contributed by atoms with Gasteiger partial charge in [-0.2, -0.15) is 0 Å². The van der Waals surface area contributed by atoms with Gasteiger partial charge in [-0.25, -0.2) is 0 Å². The van der Waals surface area contributed by atoms with E-state index in [1.807, 2.05) is 30.3 Å². The normalized spacial score (nSPS) is 18.8. The molecule has 2 aromatic carbocycles. The van der Waals surface area contributed by atoms with Gasteiger partial charge in [-0.05, 0) is 60.4 Å². The van der Waals surface area contributed by atoms with E-state index in [2.05, 4.69) is 0 Å². The Hall–Kier alpha value is -2.74. The summed E-state index contributed by atoms with van der Waals surface area (Å²) in [4.78, 5) is 59.3. The summed E-state index contributed by atoms with van der Waals surface area (Å²) in [5.74, 6) is -0.296. The maximum atomic E-state index is 12.9. The fourth-order valence-electron chi connectivity index (χ4n) is 5.26. The van der Waals surface area contributed by atoms with Crippen molar-refractivity contribution in [3.05, 3.63) is 79.5 Å². The fourth-order valence-corrected chi connectivity index (χ4v) is 8.13. The molecule has 3 saturated heterocycles. The zero-order chi connectivity index (χ0) is 33.5. The van der Waals surface area contributed by atoms with E-state index in [9.17, 15) is 19.2 Å². The van der Waals surface area contributed by atoms with Crippen LogP contribution in [0, 0.1) is 0 Å². The molecule has 0 atom stereocenters. The first-order chi connectivity index (χ1) is 22.6. The Morgan fingerprint density at radius 2 is 1.06 bits per heavy atom. The number of hydrogen-bond acceptors (Lipinski definition) is 8.